The van der Waals surface area contributed by atoms with Crippen molar-refractivity contribution in [2.75, 3.05) is 38.4 Å². The summed E-state index contributed by atoms with van der Waals surface area (Å²) in [6, 6.07) is 3.40. The molecule has 0 aromatic heterocycles. The Morgan fingerprint density at radius 3 is 2.43 bits per heavy atom. The molecule has 0 N–H and O–H groups in total. The van der Waals surface area contributed by atoms with E-state index in [1.165, 1.54) is 6.92 Å². The molecule has 0 radical (unpaired) electrons. The van der Waals surface area contributed by atoms with Crippen LogP contribution in [0.5, 0.6) is 11.5 Å². The first-order valence-corrected chi connectivity index (χ1v) is 10.9. The molecule has 0 atom stereocenters. The molecule has 1 rings (SSSR count). The Hall–Kier alpha value is -1.60. The van der Waals surface area contributed by atoms with Crippen molar-refractivity contribution in [3.05, 3.63) is 23.3 Å². The van der Waals surface area contributed by atoms with Crippen LogP contribution in [0.3, 0.4) is 0 Å². The number of alkyl halides is 1. The van der Waals surface area contributed by atoms with Gasteiger partial charge in [-0.3, -0.25) is 4.79 Å². The van der Waals surface area contributed by atoms with Crippen molar-refractivity contribution in [2.45, 2.75) is 46.5 Å². The zero-order chi connectivity index (χ0) is 20.8. The van der Waals surface area contributed by atoms with Crippen molar-refractivity contribution in [2.24, 2.45) is 0 Å². The molecule has 0 bridgehead atoms. The first-order chi connectivity index (χ1) is 13.5. The molecule has 0 unspecified atom stereocenters. The van der Waals surface area contributed by atoms with Gasteiger partial charge in [0.05, 0.1) is 18.8 Å². The van der Waals surface area contributed by atoms with Crippen molar-refractivity contribution in [3.8, 4) is 11.5 Å². The quantitative estimate of drug-likeness (QED) is 0.168. The molecule has 1 aromatic rings. The highest BCUT2D eigenvalue weighted by atomic mass is 79.9. The number of carbonyl (C=O) groups is 2. The Bertz CT molecular complexity index is 617. The molecule has 0 fully saturated rings. The van der Waals surface area contributed by atoms with E-state index < -0.39 is 5.97 Å². The Labute approximate surface area is 176 Å². The highest BCUT2D eigenvalue weighted by Crippen LogP contribution is 2.34. The number of halogens is 1. The molecule has 7 heteroatoms. The zero-order valence-electron chi connectivity index (χ0n) is 17.1. The van der Waals surface area contributed by atoms with Gasteiger partial charge in [-0.05, 0) is 38.8 Å². The number of benzene rings is 1. The number of ether oxygens (including phenoxy) is 4. The average molecular weight is 459 g/mol. The summed E-state index contributed by atoms with van der Waals surface area (Å²) in [6.45, 7) is 7.18. The average Bonchev–Trinajstić information content (AvgIpc) is 2.67. The van der Waals surface area contributed by atoms with Crippen LogP contribution < -0.4 is 9.47 Å². The van der Waals surface area contributed by atoms with Crippen LogP contribution in [0.15, 0.2) is 12.1 Å². The first-order valence-electron chi connectivity index (χ1n) is 9.76. The van der Waals surface area contributed by atoms with Crippen LogP contribution in [0, 0.1) is 0 Å². The SMILES string of the molecule is CCCc1c(OCC(=O)OCC)ccc(C(C)=O)c1OCCCOCCCBr. The second-order valence-electron chi connectivity index (χ2n) is 6.18. The predicted molar refractivity (Wildman–Crippen MR) is 112 cm³/mol. The molecule has 28 heavy (non-hydrogen) atoms. The summed E-state index contributed by atoms with van der Waals surface area (Å²) < 4.78 is 22.1. The maximum atomic E-state index is 12.1. The fraction of sp³-hybridized carbons (Fsp3) is 0.619. The van der Waals surface area contributed by atoms with Crippen LogP contribution >= 0.6 is 15.9 Å². The number of rotatable bonds is 15. The molecule has 0 aliphatic heterocycles. The normalized spacial score (nSPS) is 10.6. The van der Waals surface area contributed by atoms with Crippen LogP contribution in [0.4, 0.5) is 0 Å². The highest BCUT2D eigenvalue weighted by Gasteiger charge is 2.19. The molecule has 0 aliphatic rings. The number of hydrogen-bond donors (Lipinski definition) is 0. The van der Waals surface area contributed by atoms with Gasteiger partial charge in [0.2, 0.25) is 0 Å². The Morgan fingerprint density at radius 2 is 1.79 bits per heavy atom. The summed E-state index contributed by atoms with van der Waals surface area (Å²) in [5.41, 5.74) is 1.33. The van der Waals surface area contributed by atoms with Crippen molar-refractivity contribution < 1.29 is 28.5 Å². The van der Waals surface area contributed by atoms with Gasteiger partial charge in [-0.1, -0.05) is 29.3 Å². The highest BCUT2D eigenvalue weighted by molar-refractivity contribution is 9.09. The third-order valence-electron chi connectivity index (χ3n) is 3.85. The van der Waals surface area contributed by atoms with E-state index in [1.54, 1.807) is 19.1 Å². The molecule has 0 saturated carbocycles. The van der Waals surface area contributed by atoms with E-state index in [0.717, 1.165) is 30.2 Å². The van der Waals surface area contributed by atoms with Crippen LogP contribution in [-0.4, -0.2) is 50.1 Å². The van der Waals surface area contributed by atoms with E-state index >= 15 is 0 Å². The molecular weight excluding hydrogens is 428 g/mol. The minimum atomic E-state index is -0.427. The number of Topliss-reactive ketones (excluding diaryl/α,β-unsaturated/α-hetero) is 1. The summed E-state index contributed by atoms with van der Waals surface area (Å²) in [5.74, 6) is 0.584. The largest absolute Gasteiger partial charge is 0.492 e. The third-order valence-corrected chi connectivity index (χ3v) is 4.41. The third kappa shape index (κ3) is 8.61. The Balaban J connectivity index is 2.87. The summed E-state index contributed by atoms with van der Waals surface area (Å²) in [5, 5.41) is 0.921. The molecule has 0 saturated heterocycles. The van der Waals surface area contributed by atoms with Gasteiger partial charge in [0, 0.05) is 30.5 Å². The van der Waals surface area contributed by atoms with Gasteiger partial charge in [0.25, 0.3) is 0 Å². The van der Waals surface area contributed by atoms with E-state index in [0.29, 0.717) is 49.9 Å². The molecule has 0 heterocycles. The van der Waals surface area contributed by atoms with Gasteiger partial charge < -0.3 is 18.9 Å². The topological polar surface area (TPSA) is 71.1 Å². The van der Waals surface area contributed by atoms with Crippen LogP contribution in [0.1, 0.15) is 56.0 Å². The van der Waals surface area contributed by atoms with E-state index in [1.807, 2.05) is 6.92 Å². The molecule has 158 valence electrons. The van der Waals surface area contributed by atoms with Gasteiger partial charge in [0.15, 0.2) is 12.4 Å². The fourth-order valence-corrected chi connectivity index (χ4v) is 2.84. The van der Waals surface area contributed by atoms with Crippen LogP contribution in [0.25, 0.3) is 0 Å². The number of esters is 1. The lowest BCUT2D eigenvalue weighted by molar-refractivity contribution is -0.145. The van der Waals surface area contributed by atoms with Crippen molar-refractivity contribution in [3.63, 3.8) is 0 Å². The summed E-state index contributed by atoms with van der Waals surface area (Å²) in [7, 11) is 0. The molecule has 0 aliphatic carbocycles. The van der Waals surface area contributed by atoms with Gasteiger partial charge in [0.1, 0.15) is 11.5 Å². The van der Waals surface area contributed by atoms with E-state index in [2.05, 4.69) is 15.9 Å². The predicted octanol–water partition coefficient (Wildman–Crippen LogP) is 4.35. The number of ketones is 1. The summed E-state index contributed by atoms with van der Waals surface area (Å²) in [6.07, 6.45) is 3.22. The number of hydrogen-bond acceptors (Lipinski definition) is 6. The lowest BCUT2D eigenvalue weighted by Gasteiger charge is -2.18. The van der Waals surface area contributed by atoms with Gasteiger partial charge in [-0.2, -0.15) is 0 Å². The Kier molecular flexibility index (Phi) is 12.6. The second kappa shape index (κ2) is 14.4. The van der Waals surface area contributed by atoms with Gasteiger partial charge in [-0.15, -0.1) is 0 Å². The monoisotopic (exact) mass is 458 g/mol. The van der Waals surface area contributed by atoms with Gasteiger partial charge in [-0.25, -0.2) is 4.79 Å². The van der Waals surface area contributed by atoms with Gasteiger partial charge >= 0.3 is 5.97 Å². The molecule has 0 spiro atoms. The second-order valence-corrected chi connectivity index (χ2v) is 6.97. The summed E-state index contributed by atoms with van der Waals surface area (Å²) in [4.78, 5) is 23.7. The van der Waals surface area contributed by atoms with E-state index in [-0.39, 0.29) is 12.4 Å². The first kappa shape index (κ1) is 24.4. The van der Waals surface area contributed by atoms with Crippen LogP contribution in [0.2, 0.25) is 0 Å². The molecule has 1 aromatic carbocycles. The minimum Gasteiger partial charge on any atom is -0.492 e. The lowest BCUT2D eigenvalue weighted by atomic mass is 10.0. The zero-order valence-corrected chi connectivity index (χ0v) is 18.6. The molecule has 6 nitrogen and oxygen atoms in total. The maximum Gasteiger partial charge on any atom is 0.344 e. The van der Waals surface area contributed by atoms with Crippen LogP contribution in [-0.2, 0) is 20.7 Å². The standard InChI is InChI=1S/C21H31BrO6/c1-4-8-18-19(28-15-20(24)26-5-2)10-9-17(16(3)23)21(18)27-14-7-13-25-12-6-11-22/h9-10H,4-8,11-15H2,1-3H3. The summed E-state index contributed by atoms with van der Waals surface area (Å²) >= 11 is 3.37. The van der Waals surface area contributed by atoms with Crippen molar-refractivity contribution in [1.29, 1.82) is 0 Å². The Morgan fingerprint density at radius 1 is 1.04 bits per heavy atom. The number of carbonyl (C=O) groups excluding carboxylic acids is 2. The maximum absolute atomic E-state index is 12.1. The molecular formula is C21H31BrO6. The van der Waals surface area contributed by atoms with E-state index in [9.17, 15) is 9.59 Å². The molecule has 0 amide bonds. The van der Waals surface area contributed by atoms with E-state index in [4.69, 9.17) is 18.9 Å². The van der Waals surface area contributed by atoms with Crippen molar-refractivity contribution in [1.82, 2.24) is 0 Å². The fourth-order valence-electron chi connectivity index (χ4n) is 2.61. The minimum absolute atomic E-state index is 0.0714. The van der Waals surface area contributed by atoms with Crippen molar-refractivity contribution >= 4 is 27.7 Å². The lowest BCUT2D eigenvalue weighted by Crippen LogP contribution is -2.16. The smallest absolute Gasteiger partial charge is 0.344 e.